The monoisotopic (exact) mass is 271 g/mol. The number of rotatable bonds is 5. The van der Waals surface area contributed by atoms with Gasteiger partial charge in [0.2, 0.25) is 5.91 Å². The molecule has 0 saturated heterocycles. The molecule has 1 unspecified atom stereocenters. The van der Waals surface area contributed by atoms with Crippen LogP contribution in [0.15, 0.2) is 0 Å². The van der Waals surface area contributed by atoms with Crippen LogP contribution < -0.4 is 16.4 Å². The number of hydrogen-bond donors (Lipinski definition) is 4. The van der Waals surface area contributed by atoms with Crippen molar-refractivity contribution in [2.24, 2.45) is 11.7 Å². The molecule has 1 rings (SSSR count). The highest BCUT2D eigenvalue weighted by molar-refractivity contribution is 5.86. The van der Waals surface area contributed by atoms with Crippen LogP contribution in [0.2, 0.25) is 0 Å². The maximum atomic E-state index is 12.0. The third-order valence-electron chi connectivity index (χ3n) is 3.62. The largest absolute Gasteiger partial charge is 0.388 e. The standard InChI is InChI=1S/C13H25N3O3/c1-9(2)10(16-12(14)18)11(17)15-8-13(19)6-4-3-5-7-13/h9-10,19H,3-8H2,1-2H3,(H,15,17)(H3,14,16,18). The second kappa shape index (κ2) is 6.75. The Labute approximate surface area is 114 Å². The predicted molar refractivity (Wildman–Crippen MR) is 72.4 cm³/mol. The maximum absolute atomic E-state index is 12.0. The molecule has 0 aromatic rings. The molecule has 110 valence electrons. The van der Waals surface area contributed by atoms with Crippen LogP contribution in [-0.4, -0.2) is 35.2 Å². The van der Waals surface area contributed by atoms with Gasteiger partial charge in [-0.25, -0.2) is 4.79 Å². The molecule has 6 heteroatoms. The Morgan fingerprint density at radius 2 is 1.84 bits per heavy atom. The Bertz CT molecular complexity index is 325. The molecule has 0 aromatic heterocycles. The van der Waals surface area contributed by atoms with Crippen molar-refractivity contribution in [2.45, 2.75) is 57.6 Å². The topological polar surface area (TPSA) is 104 Å². The zero-order chi connectivity index (χ0) is 14.5. The van der Waals surface area contributed by atoms with Crippen LogP contribution >= 0.6 is 0 Å². The van der Waals surface area contributed by atoms with Crippen LogP contribution in [0, 0.1) is 5.92 Å². The number of carbonyl (C=O) groups excluding carboxylic acids is 2. The third-order valence-corrected chi connectivity index (χ3v) is 3.62. The molecule has 1 atom stereocenters. The predicted octanol–water partition coefficient (Wildman–Crippen LogP) is 0.491. The zero-order valence-corrected chi connectivity index (χ0v) is 11.7. The van der Waals surface area contributed by atoms with Gasteiger partial charge in [0.05, 0.1) is 5.60 Å². The number of nitrogens with one attached hydrogen (secondary N) is 2. The molecule has 0 aliphatic heterocycles. The fraction of sp³-hybridized carbons (Fsp3) is 0.846. The number of nitrogens with two attached hydrogens (primary N) is 1. The summed E-state index contributed by atoms with van der Waals surface area (Å²) >= 11 is 0. The summed E-state index contributed by atoms with van der Waals surface area (Å²) in [5.74, 6) is -0.360. The SMILES string of the molecule is CC(C)C(NC(N)=O)C(=O)NCC1(O)CCCCC1. The van der Waals surface area contributed by atoms with Gasteiger partial charge in [0, 0.05) is 6.54 Å². The lowest BCUT2D eigenvalue weighted by Gasteiger charge is -2.33. The summed E-state index contributed by atoms with van der Waals surface area (Å²) in [5.41, 5.74) is 4.25. The number of primary amides is 1. The Balaban J connectivity index is 2.49. The van der Waals surface area contributed by atoms with Gasteiger partial charge in [0.15, 0.2) is 0 Å². The van der Waals surface area contributed by atoms with E-state index in [4.69, 9.17) is 5.73 Å². The first-order chi connectivity index (χ1) is 8.84. The number of carbonyl (C=O) groups is 2. The number of aliphatic hydroxyl groups is 1. The molecule has 5 N–H and O–H groups in total. The van der Waals surface area contributed by atoms with Crippen molar-refractivity contribution in [3.63, 3.8) is 0 Å². The van der Waals surface area contributed by atoms with E-state index in [9.17, 15) is 14.7 Å². The van der Waals surface area contributed by atoms with Crippen molar-refractivity contribution in [2.75, 3.05) is 6.54 Å². The smallest absolute Gasteiger partial charge is 0.312 e. The maximum Gasteiger partial charge on any atom is 0.312 e. The summed E-state index contributed by atoms with van der Waals surface area (Å²) in [5, 5.41) is 15.4. The molecule has 0 radical (unpaired) electrons. The first-order valence-electron chi connectivity index (χ1n) is 6.90. The molecule has 0 bridgehead atoms. The number of hydrogen-bond acceptors (Lipinski definition) is 3. The van der Waals surface area contributed by atoms with E-state index in [2.05, 4.69) is 10.6 Å². The van der Waals surface area contributed by atoms with E-state index in [1.54, 1.807) is 0 Å². The quantitative estimate of drug-likeness (QED) is 0.585. The fourth-order valence-corrected chi connectivity index (χ4v) is 2.44. The van der Waals surface area contributed by atoms with Crippen LogP contribution in [0.1, 0.15) is 46.0 Å². The van der Waals surface area contributed by atoms with Gasteiger partial charge in [-0.1, -0.05) is 33.1 Å². The summed E-state index contributed by atoms with van der Waals surface area (Å²) in [6.07, 6.45) is 4.53. The van der Waals surface area contributed by atoms with Crippen LogP contribution in [0.5, 0.6) is 0 Å². The lowest BCUT2D eigenvalue weighted by Crippen LogP contribution is -2.54. The second-order valence-electron chi connectivity index (χ2n) is 5.73. The van der Waals surface area contributed by atoms with E-state index < -0.39 is 17.7 Å². The van der Waals surface area contributed by atoms with E-state index >= 15 is 0 Å². The molecular formula is C13H25N3O3. The molecule has 1 saturated carbocycles. The van der Waals surface area contributed by atoms with Gasteiger partial charge in [0.25, 0.3) is 0 Å². The molecule has 1 aliphatic rings. The molecule has 6 nitrogen and oxygen atoms in total. The molecule has 19 heavy (non-hydrogen) atoms. The van der Waals surface area contributed by atoms with Gasteiger partial charge in [-0.05, 0) is 18.8 Å². The van der Waals surface area contributed by atoms with Crippen molar-refractivity contribution in [1.82, 2.24) is 10.6 Å². The molecular weight excluding hydrogens is 246 g/mol. The highest BCUT2D eigenvalue weighted by atomic mass is 16.3. The highest BCUT2D eigenvalue weighted by Gasteiger charge is 2.31. The van der Waals surface area contributed by atoms with Crippen LogP contribution in [0.4, 0.5) is 4.79 Å². The summed E-state index contributed by atoms with van der Waals surface area (Å²) in [6.45, 7) is 3.89. The average molecular weight is 271 g/mol. The van der Waals surface area contributed by atoms with E-state index in [0.29, 0.717) is 12.8 Å². The summed E-state index contributed by atoms with van der Waals surface area (Å²) in [7, 11) is 0. The Hall–Kier alpha value is -1.30. The van der Waals surface area contributed by atoms with Crippen LogP contribution in [-0.2, 0) is 4.79 Å². The first-order valence-corrected chi connectivity index (χ1v) is 6.90. The Morgan fingerprint density at radius 3 is 2.32 bits per heavy atom. The van der Waals surface area contributed by atoms with Crippen LogP contribution in [0.25, 0.3) is 0 Å². The minimum atomic E-state index is -0.803. The summed E-state index contributed by atoms with van der Waals surface area (Å²) in [4.78, 5) is 22.9. The van der Waals surface area contributed by atoms with E-state index in [1.165, 1.54) is 0 Å². The lowest BCUT2D eigenvalue weighted by molar-refractivity contribution is -0.125. The molecule has 1 aliphatic carbocycles. The lowest BCUT2D eigenvalue weighted by atomic mass is 9.85. The Morgan fingerprint density at radius 1 is 1.26 bits per heavy atom. The van der Waals surface area contributed by atoms with Gasteiger partial charge in [-0.3, -0.25) is 4.79 Å². The van der Waals surface area contributed by atoms with E-state index in [1.807, 2.05) is 13.8 Å². The molecule has 0 spiro atoms. The van der Waals surface area contributed by atoms with Gasteiger partial charge in [0.1, 0.15) is 6.04 Å². The van der Waals surface area contributed by atoms with E-state index in [-0.39, 0.29) is 18.4 Å². The highest BCUT2D eigenvalue weighted by Crippen LogP contribution is 2.27. The zero-order valence-electron chi connectivity index (χ0n) is 11.7. The summed E-state index contributed by atoms with van der Waals surface area (Å²) < 4.78 is 0. The Kier molecular flexibility index (Phi) is 5.60. The van der Waals surface area contributed by atoms with Gasteiger partial charge < -0.3 is 21.5 Å². The van der Waals surface area contributed by atoms with Crippen molar-refractivity contribution >= 4 is 11.9 Å². The van der Waals surface area contributed by atoms with Crippen molar-refractivity contribution < 1.29 is 14.7 Å². The van der Waals surface area contributed by atoms with E-state index in [0.717, 1.165) is 19.3 Å². The minimum absolute atomic E-state index is 0.0616. The first kappa shape index (κ1) is 15.8. The normalized spacial score (nSPS) is 19.8. The van der Waals surface area contributed by atoms with Crippen molar-refractivity contribution in [1.29, 1.82) is 0 Å². The fourth-order valence-electron chi connectivity index (χ4n) is 2.44. The van der Waals surface area contributed by atoms with Gasteiger partial charge >= 0.3 is 6.03 Å². The van der Waals surface area contributed by atoms with Crippen molar-refractivity contribution in [3.05, 3.63) is 0 Å². The second-order valence-corrected chi connectivity index (χ2v) is 5.73. The molecule has 0 heterocycles. The molecule has 0 aromatic carbocycles. The van der Waals surface area contributed by atoms with Gasteiger partial charge in [-0.15, -0.1) is 0 Å². The van der Waals surface area contributed by atoms with Crippen LogP contribution in [0.3, 0.4) is 0 Å². The molecule has 3 amide bonds. The van der Waals surface area contributed by atoms with Gasteiger partial charge in [-0.2, -0.15) is 0 Å². The number of amides is 3. The summed E-state index contributed by atoms with van der Waals surface area (Å²) in [6, 6.07) is -1.38. The minimum Gasteiger partial charge on any atom is -0.388 e. The average Bonchev–Trinajstić information content (AvgIpc) is 2.33. The third kappa shape index (κ3) is 5.06. The number of urea groups is 1. The molecule has 1 fully saturated rings. The van der Waals surface area contributed by atoms with Crippen molar-refractivity contribution in [3.8, 4) is 0 Å².